The minimum absolute atomic E-state index is 0.00323. The highest BCUT2D eigenvalue weighted by atomic mass is 16.6. The van der Waals surface area contributed by atoms with Crippen molar-refractivity contribution in [1.29, 1.82) is 0 Å². The second kappa shape index (κ2) is 6.67. The third-order valence-corrected chi connectivity index (χ3v) is 3.02. The molecule has 0 aliphatic heterocycles. The van der Waals surface area contributed by atoms with E-state index in [1.54, 1.807) is 29.8 Å². The largest absolute Gasteiger partial charge is 0.463 e. The molecule has 0 saturated heterocycles. The molecule has 0 saturated carbocycles. The first-order valence-electron chi connectivity index (χ1n) is 6.48. The maximum Gasteiger partial charge on any atom is 0.292 e. The molecule has 1 aromatic carbocycles. The van der Waals surface area contributed by atoms with Crippen LogP contribution in [0, 0.1) is 10.1 Å². The lowest BCUT2D eigenvalue weighted by molar-refractivity contribution is -0.684. The highest BCUT2D eigenvalue weighted by Gasteiger charge is 2.17. The summed E-state index contributed by atoms with van der Waals surface area (Å²) in [5.74, 6) is 0.469. The van der Waals surface area contributed by atoms with Gasteiger partial charge in [0.25, 0.3) is 11.6 Å². The van der Waals surface area contributed by atoms with Gasteiger partial charge < -0.3 is 15.1 Å². The maximum absolute atomic E-state index is 11.9. The molecule has 2 rings (SSSR count). The van der Waals surface area contributed by atoms with Gasteiger partial charge in [0.1, 0.15) is 11.7 Å². The van der Waals surface area contributed by atoms with Crippen LogP contribution >= 0.6 is 0 Å². The molecule has 7 nitrogen and oxygen atoms in total. The van der Waals surface area contributed by atoms with Crippen molar-refractivity contribution >= 4 is 17.3 Å². The van der Waals surface area contributed by atoms with E-state index < -0.39 is 4.92 Å². The first-order valence-corrected chi connectivity index (χ1v) is 6.48. The maximum atomic E-state index is 11.9. The summed E-state index contributed by atoms with van der Waals surface area (Å²) in [6, 6.07) is 9.67. The van der Waals surface area contributed by atoms with Gasteiger partial charge in [-0.15, -0.1) is 0 Å². The molecular formula is C14H16N3O4+. The lowest BCUT2D eigenvalue weighted by Crippen LogP contribution is -2.86. The molecule has 0 spiro atoms. The van der Waals surface area contributed by atoms with Crippen LogP contribution in [0.15, 0.2) is 47.1 Å². The lowest BCUT2D eigenvalue weighted by Gasteiger charge is -2.08. The molecule has 2 aromatic rings. The van der Waals surface area contributed by atoms with E-state index in [2.05, 4.69) is 5.32 Å². The Morgan fingerprint density at radius 3 is 2.81 bits per heavy atom. The number of nitrogens with two attached hydrogens (primary N) is 1. The molecule has 1 heterocycles. The van der Waals surface area contributed by atoms with Crippen LogP contribution in [0.2, 0.25) is 0 Å². The number of carbonyl (C=O) groups excluding carboxylic acids is 1. The summed E-state index contributed by atoms with van der Waals surface area (Å²) in [6.07, 6.45) is 1.58. The quantitative estimate of drug-likeness (QED) is 0.621. The number of hydrogen-bond acceptors (Lipinski definition) is 4. The number of amides is 1. The van der Waals surface area contributed by atoms with Gasteiger partial charge in [0.05, 0.1) is 11.2 Å². The van der Waals surface area contributed by atoms with Crippen LogP contribution in [-0.2, 0) is 4.79 Å². The van der Waals surface area contributed by atoms with Crippen molar-refractivity contribution in [2.45, 2.75) is 13.0 Å². The highest BCUT2D eigenvalue weighted by Crippen LogP contribution is 2.22. The normalized spacial score (nSPS) is 11.9. The molecular weight excluding hydrogens is 274 g/mol. The molecule has 3 N–H and O–H groups in total. The Kier molecular flexibility index (Phi) is 4.68. The number of furan rings is 1. The van der Waals surface area contributed by atoms with Crippen molar-refractivity contribution in [2.24, 2.45) is 0 Å². The van der Waals surface area contributed by atoms with Gasteiger partial charge in [-0.2, -0.15) is 0 Å². The summed E-state index contributed by atoms with van der Waals surface area (Å²) >= 11 is 0. The molecule has 0 aliphatic rings. The molecule has 1 aromatic heterocycles. The Hall–Kier alpha value is -2.67. The molecule has 1 amide bonds. The van der Waals surface area contributed by atoms with E-state index in [1.165, 1.54) is 12.1 Å². The van der Waals surface area contributed by atoms with Crippen molar-refractivity contribution in [3.8, 4) is 0 Å². The number of quaternary nitrogens is 1. The Morgan fingerprint density at radius 1 is 1.38 bits per heavy atom. The zero-order valence-corrected chi connectivity index (χ0v) is 11.5. The molecule has 0 aliphatic carbocycles. The van der Waals surface area contributed by atoms with E-state index in [0.717, 1.165) is 5.76 Å². The number of hydrogen-bond donors (Lipinski definition) is 2. The third-order valence-electron chi connectivity index (χ3n) is 3.02. The zero-order chi connectivity index (χ0) is 15.2. The predicted molar refractivity (Wildman–Crippen MR) is 75.6 cm³/mol. The summed E-state index contributed by atoms with van der Waals surface area (Å²) in [5.41, 5.74) is 0.0801. The fraction of sp³-hybridized carbons (Fsp3) is 0.214. The van der Waals surface area contributed by atoms with Crippen LogP contribution in [0.1, 0.15) is 18.7 Å². The van der Waals surface area contributed by atoms with E-state index in [0.29, 0.717) is 0 Å². The Bertz CT molecular complexity index is 625. The van der Waals surface area contributed by atoms with Gasteiger partial charge in [0.15, 0.2) is 12.3 Å². The second-order valence-corrected chi connectivity index (χ2v) is 4.57. The number of nitrogens with one attached hydrogen (secondary N) is 1. The molecule has 7 heteroatoms. The Labute approximate surface area is 121 Å². The average molecular weight is 290 g/mol. The summed E-state index contributed by atoms with van der Waals surface area (Å²) in [6.45, 7) is 2.06. The molecule has 0 bridgehead atoms. The fourth-order valence-corrected chi connectivity index (χ4v) is 1.89. The van der Waals surface area contributed by atoms with Crippen molar-refractivity contribution in [2.75, 3.05) is 11.9 Å². The van der Waals surface area contributed by atoms with Crippen LogP contribution in [0.4, 0.5) is 11.4 Å². The fourth-order valence-electron chi connectivity index (χ4n) is 1.89. The number of carbonyl (C=O) groups is 1. The number of rotatable bonds is 6. The Balaban J connectivity index is 1.92. The van der Waals surface area contributed by atoms with Crippen molar-refractivity contribution in [3.63, 3.8) is 0 Å². The molecule has 0 fully saturated rings. The van der Waals surface area contributed by atoms with E-state index in [1.807, 2.05) is 13.0 Å². The number of benzene rings is 1. The van der Waals surface area contributed by atoms with Crippen LogP contribution in [0.25, 0.3) is 0 Å². The number of nitro benzene ring substituents is 1. The van der Waals surface area contributed by atoms with Gasteiger partial charge >= 0.3 is 0 Å². The molecule has 21 heavy (non-hydrogen) atoms. The van der Waals surface area contributed by atoms with Gasteiger partial charge in [0.2, 0.25) is 0 Å². The van der Waals surface area contributed by atoms with Crippen LogP contribution in [0.3, 0.4) is 0 Å². The first-order chi connectivity index (χ1) is 10.1. The minimum Gasteiger partial charge on any atom is -0.463 e. The molecule has 0 radical (unpaired) electrons. The number of nitro groups is 1. The first kappa shape index (κ1) is 14.7. The summed E-state index contributed by atoms with van der Waals surface area (Å²) < 4.78 is 5.24. The Morgan fingerprint density at radius 2 is 2.14 bits per heavy atom. The molecule has 0 unspecified atom stereocenters. The number of anilines is 1. The number of nitrogens with zero attached hydrogens (tertiary/aromatic N) is 1. The van der Waals surface area contributed by atoms with Crippen LogP contribution in [0.5, 0.6) is 0 Å². The van der Waals surface area contributed by atoms with Crippen LogP contribution in [-0.4, -0.2) is 17.4 Å². The van der Waals surface area contributed by atoms with Crippen molar-refractivity contribution in [3.05, 3.63) is 58.5 Å². The van der Waals surface area contributed by atoms with Gasteiger partial charge in [-0.05, 0) is 25.1 Å². The van der Waals surface area contributed by atoms with E-state index in [9.17, 15) is 14.9 Å². The van der Waals surface area contributed by atoms with Crippen molar-refractivity contribution in [1.82, 2.24) is 0 Å². The zero-order valence-electron chi connectivity index (χ0n) is 11.5. The van der Waals surface area contributed by atoms with Gasteiger partial charge in [0, 0.05) is 6.07 Å². The van der Waals surface area contributed by atoms with E-state index in [4.69, 9.17) is 4.42 Å². The number of para-hydroxylation sites is 2. The summed E-state index contributed by atoms with van der Waals surface area (Å²) in [4.78, 5) is 22.2. The molecule has 110 valence electrons. The highest BCUT2D eigenvalue weighted by molar-refractivity contribution is 5.93. The topological polar surface area (TPSA) is 102 Å². The lowest BCUT2D eigenvalue weighted by atomic mass is 10.2. The van der Waals surface area contributed by atoms with Gasteiger partial charge in [-0.3, -0.25) is 14.9 Å². The predicted octanol–water partition coefficient (Wildman–Crippen LogP) is 1.45. The SMILES string of the molecule is C[C@H]([NH2+]CC(=O)Nc1ccccc1[N+](=O)[O-])c1ccco1. The minimum atomic E-state index is -0.523. The van der Waals surface area contributed by atoms with Gasteiger partial charge in [-0.1, -0.05) is 12.1 Å². The monoisotopic (exact) mass is 290 g/mol. The standard InChI is InChI=1S/C14H15N3O4/c1-10(13-7-4-8-21-13)15-9-14(18)16-11-5-2-3-6-12(11)17(19)20/h2-8,10,15H,9H2,1H3,(H,16,18)/p+1/t10-/m0/s1. The summed E-state index contributed by atoms with van der Waals surface area (Å²) in [5, 5.41) is 15.2. The van der Waals surface area contributed by atoms with Crippen LogP contribution < -0.4 is 10.6 Å². The average Bonchev–Trinajstić information content (AvgIpc) is 2.99. The smallest absolute Gasteiger partial charge is 0.292 e. The summed E-state index contributed by atoms with van der Waals surface area (Å²) in [7, 11) is 0. The molecule has 1 atom stereocenters. The van der Waals surface area contributed by atoms with Gasteiger partial charge in [-0.25, -0.2) is 0 Å². The van der Waals surface area contributed by atoms with Crippen molar-refractivity contribution < 1.29 is 19.5 Å². The second-order valence-electron chi connectivity index (χ2n) is 4.57. The van der Waals surface area contributed by atoms with E-state index in [-0.39, 0.29) is 29.9 Å². The third kappa shape index (κ3) is 3.90. The van der Waals surface area contributed by atoms with E-state index >= 15 is 0 Å².